The first kappa shape index (κ1) is 24.9. The molecule has 0 aliphatic heterocycles. The highest BCUT2D eigenvalue weighted by Crippen LogP contribution is 2.25. The van der Waals surface area contributed by atoms with Gasteiger partial charge < -0.3 is 9.84 Å². The molecule has 0 aliphatic rings. The van der Waals surface area contributed by atoms with E-state index in [9.17, 15) is 14.7 Å². The van der Waals surface area contributed by atoms with Crippen molar-refractivity contribution in [3.8, 4) is 16.9 Å². The minimum Gasteiger partial charge on any atom is -0.489 e. The Morgan fingerprint density at radius 1 is 0.667 bits per heavy atom. The number of Topliss-reactive ketones (excluding diaryl/α,β-unsaturated/α-hetero) is 1. The molecule has 1 atom stereocenters. The zero-order chi connectivity index (χ0) is 25.2. The molecule has 4 nitrogen and oxygen atoms in total. The van der Waals surface area contributed by atoms with E-state index in [2.05, 4.69) is 12.1 Å². The number of hydrogen-bond acceptors (Lipinski definition) is 3. The Morgan fingerprint density at radius 2 is 1.22 bits per heavy atom. The van der Waals surface area contributed by atoms with Gasteiger partial charge in [0.25, 0.3) is 0 Å². The summed E-state index contributed by atoms with van der Waals surface area (Å²) in [5.74, 6) is -1.79. The Morgan fingerprint density at radius 3 is 1.81 bits per heavy atom. The quantitative estimate of drug-likeness (QED) is 0.228. The fraction of sp³-hybridized carbons (Fsp3) is 0.188. The average molecular weight is 479 g/mol. The zero-order valence-electron chi connectivity index (χ0n) is 20.2. The van der Waals surface area contributed by atoms with E-state index >= 15 is 0 Å². The van der Waals surface area contributed by atoms with Crippen molar-refractivity contribution >= 4 is 11.8 Å². The van der Waals surface area contributed by atoms with Gasteiger partial charge in [0.2, 0.25) is 5.78 Å². The van der Waals surface area contributed by atoms with Crippen molar-refractivity contribution < 1.29 is 19.4 Å². The maximum atomic E-state index is 12.3. The van der Waals surface area contributed by atoms with Crippen LogP contribution in [0.2, 0.25) is 0 Å². The number of aryl methyl sites for hydroxylation is 1. The fourth-order valence-electron chi connectivity index (χ4n) is 4.30. The maximum absolute atomic E-state index is 12.3. The predicted molar refractivity (Wildman–Crippen MR) is 142 cm³/mol. The van der Waals surface area contributed by atoms with Gasteiger partial charge in [-0.1, -0.05) is 97.1 Å². The summed E-state index contributed by atoms with van der Waals surface area (Å²) in [6.45, 7) is 0.524. The van der Waals surface area contributed by atoms with Crippen LogP contribution in [0, 0.1) is 5.92 Å². The first-order chi connectivity index (χ1) is 17.6. The Hall–Kier alpha value is -4.18. The molecule has 0 bridgehead atoms. The molecule has 36 heavy (non-hydrogen) atoms. The average Bonchev–Trinajstić information content (AvgIpc) is 2.93. The van der Waals surface area contributed by atoms with Crippen LogP contribution < -0.4 is 4.74 Å². The second-order valence-corrected chi connectivity index (χ2v) is 8.94. The first-order valence-corrected chi connectivity index (χ1v) is 12.3. The number of carbonyl (C=O) groups excluding carboxylic acids is 1. The topological polar surface area (TPSA) is 63.6 Å². The molecule has 0 saturated carbocycles. The molecule has 0 radical (unpaired) electrons. The summed E-state index contributed by atoms with van der Waals surface area (Å²) in [6, 6.07) is 36.1. The molecule has 4 rings (SSSR count). The standard InChI is InChI=1S/C32H30O4/c33-31(32(34)35)29(13-7-12-24-8-3-1-4-9-24)22-25-14-16-27(17-15-25)28-18-20-30(21-19-28)36-23-26-10-5-2-6-11-26/h1-6,8-11,14-21,29H,7,12-13,22-23H2,(H,34,35). The number of carbonyl (C=O) groups is 2. The monoisotopic (exact) mass is 478 g/mol. The normalized spacial score (nSPS) is 11.6. The van der Waals surface area contributed by atoms with E-state index < -0.39 is 17.7 Å². The van der Waals surface area contributed by atoms with Gasteiger partial charge in [-0.3, -0.25) is 4.79 Å². The van der Waals surface area contributed by atoms with E-state index in [1.807, 2.05) is 97.1 Å². The number of rotatable bonds is 12. The summed E-state index contributed by atoms with van der Waals surface area (Å²) < 4.78 is 5.87. The van der Waals surface area contributed by atoms with Gasteiger partial charge in [0.1, 0.15) is 12.4 Å². The summed E-state index contributed by atoms with van der Waals surface area (Å²) >= 11 is 0. The van der Waals surface area contributed by atoms with Gasteiger partial charge in [-0.2, -0.15) is 0 Å². The molecule has 0 aromatic heterocycles. The molecule has 4 heteroatoms. The molecule has 182 valence electrons. The lowest BCUT2D eigenvalue weighted by atomic mass is 9.89. The lowest BCUT2D eigenvalue weighted by Gasteiger charge is -2.14. The van der Waals surface area contributed by atoms with Crippen molar-refractivity contribution in [1.29, 1.82) is 0 Å². The molecule has 1 N–H and O–H groups in total. The van der Waals surface area contributed by atoms with Gasteiger partial charge in [-0.15, -0.1) is 0 Å². The van der Waals surface area contributed by atoms with Gasteiger partial charge in [-0.25, -0.2) is 4.79 Å². The molecule has 0 amide bonds. The number of benzene rings is 4. The summed E-state index contributed by atoms with van der Waals surface area (Å²) in [6.07, 6.45) is 2.57. The Kier molecular flexibility index (Phi) is 8.66. The number of carboxylic acids is 1. The van der Waals surface area contributed by atoms with Crippen LogP contribution >= 0.6 is 0 Å². The highest BCUT2D eigenvalue weighted by Gasteiger charge is 2.24. The Balaban J connectivity index is 1.35. The van der Waals surface area contributed by atoms with Crippen LogP contribution in [0.1, 0.15) is 29.5 Å². The molecule has 0 spiro atoms. The molecule has 0 saturated heterocycles. The number of hydrogen-bond donors (Lipinski definition) is 1. The third-order valence-corrected chi connectivity index (χ3v) is 6.31. The number of aliphatic carboxylic acids is 1. The SMILES string of the molecule is O=C(O)C(=O)C(CCCc1ccccc1)Cc1ccc(-c2ccc(OCc3ccccc3)cc2)cc1. The van der Waals surface area contributed by atoms with Crippen molar-refractivity contribution in [3.05, 3.63) is 126 Å². The highest BCUT2D eigenvalue weighted by molar-refractivity contribution is 6.33. The van der Waals surface area contributed by atoms with E-state index in [0.717, 1.165) is 40.8 Å². The second-order valence-electron chi connectivity index (χ2n) is 8.94. The first-order valence-electron chi connectivity index (χ1n) is 12.3. The number of carboxylic acid groups (broad SMARTS) is 1. The van der Waals surface area contributed by atoms with Crippen LogP contribution in [0.25, 0.3) is 11.1 Å². The van der Waals surface area contributed by atoms with Crippen molar-refractivity contribution in [1.82, 2.24) is 0 Å². The van der Waals surface area contributed by atoms with Gasteiger partial charge in [0.05, 0.1) is 0 Å². The molecule has 1 unspecified atom stereocenters. The van der Waals surface area contributed by atoms with Crippen LogP contribution in [0.4, 0.5) is 0 Å². The summed E-state index contributed by atoms with van der Waals surface area (Å²) in [5.41, 5.74) is 5.39. The van der Waals surface area contributed by atoms with E-state index in [0.29, 0.717) is 19.4 Å². The third kappa shape index (κ3) is 7.16. The van der Waals surface area contributed by atoms with Crippen LogP contribution in [0.3, 0.4) is 0 Å². The van der Waals surface area contributed by atoms with Gasteiger partial charge in [0.15, 0.2) is 0 Å². The molecular formula is C32H30O4. The van der Waals surface area contributed by atoms with Gasteiger partial charge in [-0.05, 0) is 65.6 Å². The maximum Gasteiger partial charge on any atom is 0.372 e. The number of ketones is 1. The molecule has 0 aliphatic carbocycles. The van der Waals surface area contributed by atoms with Crippen LogP contribution in [0.15, 0.2) is 109 Å². The molecule has 0 heterocycles. The van der Waals surface area contributed by atoms with Crippen LogP contribution in [-0.2, 0) is 29.0 Å². The van der Waals surface area contributed by atoms with E-state index in [1.54, 1.807) is 0 Å². The molecular weight excluding hydrogens is 448 g/mol. The zero-order valence-corrected chi connectivity index (χ0v) is 20.2. The van der Waals surface area contributed by atoms with Crippen molar-refractivity contribution in [2.75, 3.05) is 0 Å². The van der Waals surface area contributed by atoms with Crippen molar-refractivity contribution in [3.63, 3.8) is 0 Å². The van der Waals surface area contributed by atoms with Crippen molar-refractivity contribution in [2.45, 2.75) is 32.3 Å². The van der Waals surface area contributed by atoms with E-state index in [4.69, 9.17) is 4.74 Å². The van der Waals surface area contributed by atoms with Gasteiger partial charge in [0, 0.05) is 5.92 Å². The lowest BCUT2D eigenvalue weighted by Crippen LogP contribution is -2.25. The minimum absolute atomic E-state index is 0.423. The third-order valence-electron chi connectivity index (χ3n) is 6.31. The second kappa shape index (κ2) is 12.5. The summed E-state index contributed by atoms with van der Waals surface area (Å²) in [7, 11) is 0. The Bertz CT molecular complexity index is 1250. The molecule has 4 aromatic rings. The summed E-state index contributed by atoms with van der Waals surface area (Å²) in [4.78, 5) is 23.7. The minimum atomic E-state index is -1.36. The largest absolute Gasteiger partial charge is 0.489 e. The highest BCUT2D eigenvalue weighted by atomic mass is 16.5. The van der Waals surface area contributed by atoms with Crippen molar-refractivity contribution in [2.24, 2.45) is 5.92 Å². The van der Waals surface area contributed by atoms with Crippen LogP contribution in [-0.4, -0.2) is 16.9 Å². The molecule has 0 fully saturated rings. The van der Waals surface area contributed by atoms with E-state index in [1.165, 1.54) is 5.56 Å². The number of ether oxygens (including phenoxy) is 1. The molecule has 4 aromatic carbocycles. The van der Waals surface area contributed by atoms with Crippen LogP contribution in [0.5, 0.6) is 5.75 Å². The predicted octanol–water partition coefficient (Wildman–Crippen LogP) is 6.77. The van der Waals surface area contributed by atoms with Gasteiger partial charge >= 0.3 is 5.97 Å². The Labute approximate surface area is 212 Å². The summed E-state index contributed by atoms with van der Waals surface area (Å²) in [5, 5.41) is 9.31. The van der Waals surface area contributed by atoms with E-state index in [-0.39, 0.29) is 0 Å². The lowest BCUT2D eigenvalue weighted by molar-refractivity contribution is -0.151. The fourth-order valence-corrected chi connectivity index (χ4v) is 4.30. The smallest absolute Gasteiger partial charge is 0.372 e.